The van der Waals surface area contributed by atoms with Crippen LogP contribution in [0.25, 0.3) is 0 Å². The molecule has 0 unspecified atom stereocenters. The van der Waals surface area contributed by atoms with Gasteiger partial charge in [-0.2, -0.15) is 0 Å². The molecule has 1 aromatic heterocycles. The van der Waals surface area contributed by atoms with Crippen LogP contribution >= 0.6 is 22.9 Å². The van der Waals surface area contributed by atoms with Gasteiger partial charge in [0.2, 0.25) is 17.7 Å². The van der Waals surface area contributed by atoms with Gasteiger partial charge in [-0.3, -0.25) is 19.2 Å². The number of carbonyl (C=O) groups is 4. The summed E-state index contributed by atoms with van der Waals surface area (Å²) in [6.07, 6.45) is 6.23. The highest BCUT2D eigenvalue weighted by molar-refractivity contribution is 7.17. The molecular weight excluding hydrogens is 578 g/mol. The van der Waals surface area contributed by atoms with Crippen molar-refractivity contribution in [2.24, 2.45) is 28.6 Å². The number of likely N-dealkylation sites (N-methyl/N-ethyl adjacent to an activating group) is 1. The van der Waals surface area contributed by atoms with E-state index in [4.69, 9.17) is 16.3 Å². The summed E-state index contributed by atoms with van der Waals surface area (Å²) in [6, 6.07) is -0.875. The molecule has 4 aliphatic rings. The Balaban J connectivity index is 1.31. The van der Waals surface area contributed by atoms with E-state index in [0.29, 0.717) is 47.2 Å². The van der Waals surface area contributed by atoms with E-state index in [1.807, 2.05) is 11.8 Å². The number of aromatic nitrogens is 1. The van der Waals surface area contributed by atoms with E-state index >= 15 is 0 Å². The number of nitrogens with one attached hydrogen (secondary N) is 2. The van der Waals surface area contributed by atoms with Gasteiger partial charge in [-0.25, -0.2) is 4.98 Å². The SMILES string of the molecule is CNC(=O)[C@@H](NC(=O)[C@@H]1CN(C(=O)c2sc(Cl)nc2C)CC12CN(C(=O)[C@H]1CC1(C)C)C2)[C@@H](C)OCC1CCCCC1. The van der Waals surface area contributed by atoms with Gasteiger partial charge in [0, 0.05) is 51.2 Å². The Bertz CT molecular complexity index is 1220. The summed E-state index contributed by atoms with van der Waals surface area (Å²) in [5.74, 6) is -0.833. The quantitative estimate of drug-likeness (QED) is 0.437. The molecule has 3 heterocycles. The van der Waals surface area contributed by atoms with Crippen molar-refractivity contribution in [3.8, 4) is 0 Å². The van der Waals surface area contributed by atoms with Crippen LogP contribution in [0.4, 0.5) is 0 Å². The highest BCUT2D eigenvalue weighted by Crippen LogP contribution is 2.54. The average molecular weight is 622 g/mol. The van der Waals surface area contributed by atoms with Crippen LogP contribution in [0.2, 0.25) is 4.47 Å². The third-order valence-corrected chi connectivity index (χ3v) is 11.2. The number of carbonyl (C=O) groups excluding carboxylic acids is 4. The van der Waals surface area contributed by atoms with E-state index in [0.717, 1.165) is 30.6 Å². The van der Waals surface area contributed by atoms with E-state index in [9.17, 15) is 19.2 Å². The van der Waals surface area contributed by atoms with Crippen molar-refractivity contribution < 1.29 is 23.9 Å². The summed E-state index contributed by atoms with van der Waals surface area (Å²) in [7, 11) is 1.55. The molecule has 2 saturated heterocycles. The fraction of sp³-hybridized carbons (Fsp3) is 0.767. The number of nitrogens with zero attached hydrogens (tertiary/aromatic N) is 3. The van der Waals surface area contributed by atoms with Gasteiger partial charge in [-0.05, 0) is 44.4 Å². The molecule has 232 valence electrons. The van der Waals surface area contributed by atoms with Gasteiger partial charge in [0.05, 0.1) is 17.7 Å². The van der Waals surface area contributed by atoms with Crippen molar-refractivity contribution in [1.82, 2.24) is 25.4 Å². The average Bonchev–Trinajstić information content (AvgIpc) is 3.24. The molecule has 2 saturated carbocycles. The molecule has 2 N–H and O–H groups in total. The second-order valence-electron chi connectivity index (χ2n) is 13.6. The van der Waals surface area contributed by atoms with Crippen molar-refractivity contribution in [1.29, 1.82) is 0 Å². The minimum absolute atomic E-state index is 0.00282. The second kappa shape index (κ2) is 12.0. The van der Waals surface area contributed by atoms with Crippen molar-refractivity contribution in [3.63, 3.8) is 0 Å². The lowest BCUT2D eigenvalue weighted by Gasteiger charge is -2.50. The number of thiazole rings is 1. The lowest BCUT2D eigenvalue weighted by Crippen LogP contribution is -2.65. The van der Waals surface area contributed by atoms with Crippen molar-refractivity contribution in [2.45, 2.75) is 78.4 Å². The molecule has 4 amide bonds. The Morgan fingerprint density at radius 2 is 1.74 bits per heavy atom. The van der Waals surface area contributed by atoms with Crippen LogP contribution in [0.1, 0.15) is 74.7 Å². The van der Waals surface area contributed by atoms with Crippen LogP contribution in [0.3, 0.4) is 0 Å². The molecule has 10 nitrogen and oxygen atoms in total. The third-order valence-electron chi connectivity index (χ3n) is 9.97. The molecule has 0 radical (unpaired) electrons. The number of rotatable bonds is 9. The number of hydrogen-bond acceptors (Lipinski definition) is 7. The van der Waals surface area contributed by atoms with Crippen LogP contribution in [0.15, 0.2) is 0 Å². The third kappa shape index (κ3) is 6.19. The topological polar surface area (TPSA) is 121 Å². The van der Waals surface area contributed by atoms with Crippen LogP contribution < -0.4 is 10.6 Å². The van der Waals surface area contributed by atoms with Crippen molar-refractivity contribution >= 4 is 46.6 Å². The lowest BCUT2D eigenvalue weighted by molar-refractivity contribution is -0.152. The smallest absolute Gasteiger partial charge is 0.265 e. The van der Waals surface area contributed by atoms with E-state index in [-0.39, 0.29) is 41.5 Å². The predicted molar refractivity (Wildman–Crippen MR) is 160 cm³/mol. The molecule has 0 aromatic carbocycles. The van der Waals surface area contributed by atoms with Gasteiger partial charge in [-0.1, -0.05) is 56.0 Å². The highest BCUT2D eigenvalue weighted by Gasteiger charge is 2.62. The van der Waals surface area contributed by atoms with Gasteiger partial charge in [-0.15, -0.1) is 0 Å². The fourth-order valence-electron chi connectivity index (χ4n) is 7.03. The summed E-state index contributed by atoms with van der Waals surface area (Å²) in [6.45, 7) is 9.65. The Morgan fingerprint density at radius 3 is 2.31 bits per heavy atom. The highest BCUT2D eigenvalue weighted by atomic mass is 35.5. The van der Waals surface area contributed by atoms with Crippen LogP contribution in [-0.4, -0.2) is 90.4 Å². The zero-order valence-electron chi connectivity index (χ0n) is 25.3. The molecule has 4 atom stereocenters. The molecule has 0 bridgehead atoms. The van der Waals surface area contributed by atoms with E-state index in [1.54, 1.807) is 18.9 Å². The minimum atomic E-state index is -0.875. The molecule has 2 aliphatic carbocycles. The van der Waals surface area contributed by atoms with Gasteiger partial charge < -0.3 is 25.2 Å². The molecule has 1 aromatic rings. The monoisotopic (exact) mass is 621 g/mol. The van der Waals surface area contributed by atoms with E-state index in [2.05, 4.69) is 29.5 Å². The predicted octanol–water partition coefficient (Wildman–Crippen LogP) is 3.27. The maximum absolute atomic E-state index is 14.0. The van der Waals surface area contributed by atoms with Crippen LogP contribution in [-0.2, 0) is 19.1 Å². The van der Waals surface area contributed by atoms with Gasteiger partial charge >= 0.3 is 0 Å². The number of likely N-dealkylation sites (tertiary alicyclic amines) is 2. The Morgan fingerprint density at radius 1 is 1.10 bits per heavy atom. The normalized spacial score (nSPS) is 26.0. The minimum Gasteiger partial charge on any atom is -0.376 e. The van der Waals surface area contributed by atoms with Crippen LogP contribution in [0.5, 0.6) is 0 Å². The summed E-state index contributed by atoms with van der Waals surface area (Å²) in [4.78, 5) is 61.8. The van der Waals surface area contributed by atoms with Gasteiger partial charge in [0.25, 0.3) is 5.91 Å². The van der Waals surface area contributed by atoms with Crippen LogP contribution in [0, 0.1) is 35.5 Å². The number of halogens is 1. The summed E-state index contributed by atoms with van der Waals surface area (Å²) < 4.78 is 6.44. The number of aryl methyl sites for hydroxylation is 1. The molecule has 42 heavy (non-hydrogen) atoms. The lowest BCUT2D eigenvalue weighted by atomic mass is 9.70. The van der Waals surface area contributed by atoms with Crippen molar-refractivity contribution in [3.05, 3.63) is 15.0 Å². The number of hydrogen-bond donors (Lipinski definition) is 2. The first-order chi connectivity index (χ1) is 19.8. The first-order valence-corrected chi connectivity index (χ1v) is 16.4. The van der Waals surface area contributed by atoms with Gasteiger partial charge in [0.1, 0.15) is 10.9 Å². The maximum atomic E-state index is 14.0. The Labute approximate surface area is 257 Å². The molecule has 12 heteroatoms. The summed E-state index contributed by atoms with van der Waals surface area (Å²) >= 11 is 7.22. The van der Waals surface area contributed by atoms with E-state index in [1.165, 1.54) is 19.3 Å². The number of ether oxygens (including phenoxy) is 1. The van der Waals surface area contributed by atoms with E-state index < -0.39 is 23.5 Å². The first kappa shape index (κ1) is 31.2. The standard InChI is InChI=1S/C30H44ClN5O5S/c1-17-23(42-28(31)33-17)27(40)35-12-21(30(14-35)15-36(16-30)26(39)20-11-29(20,3)4)24(37)34-22(25(38)32-5)18(2)41-13-19-9-7-6-8-10-19/h18-22H,6-16H2,1-5H3,(H,32,38)(H,34,37)/t18-,20-,21+,22+/m1/s1. The molecule has 2 aliphatic heterocycles. The summed E-state index contributed by atoms with van der Waals surface area (Å²) in [5, 5.41) is 5.64. The fourth-order valence-corrected chi connectivity index (χ4v) is 8.15. The Kier molecular flexibility index (Phi) is 8.94. The largest absolute Gasteiger partial charge is 0.376 e. The second-order valence-corrected chi connectivity index (χ2v) is 15.1. The van der Waals surface area contributed by atoms with Gasteiger partial charge in [0.15, 0.2) is 4.47 Å². The zero-order chi connectivity index (χ0) is 30.4. The molecule has 1 spiro atoms. The Hall–Kier alpha value is -2.24. The zero-order valence-corrected chi connectivity index (χ0v) is 26.9. The number of amides is 4. The first-order valence-electron chi connectivity index (χ1n) is 15.2. The molecular formula is C30H44ClN5O5S. The van der Waals surface area contributed by atoms with Crippen molar-refractivity contribution in [2.75, 3.05) is 39.8 Å². The molecule has 5 rings (SSSR count). The maximum Gasteiger partial charge on any atom is 0.265 e. The summed E-state index contributed by atoms with van der Waals surface area (Å²) in [5.41, 5.74) is -0.0240. The molecule has 4 fully saturated rings.